The number of hydrogen-bond donors (Lipinski definition) is 1. The molecule has 1 N–H and O–H groups in total. The van der Waals surface area contributed by atoms with Crippen molar-refractivity contribution < 1.29 is 4.79 Å². The molecule has 2 atom stereocenters. The van der Waals surface area contributed by atoms with E-state index in [2.05, 4.69) is 17.5 Å². The lowest BCUT2D eigenvalue weighted by atomic mass is 9.92. The zero-order chi connectivity index (χ0) is 19.5. The summed E-state index contributed by atoms with van der Waals surface area (Å²) >= 11 is 8.05. The van der Waals surface area contributed by atoms with Crippen molar-refractivity contribution >= 4 is 35.0 Å². The van der Waals surface area contributed by atoms with Gasteiger partial charge in [0.15, 0.2) is 0 Å². The summed E-state index contributed by atoms with van der Waals surface area (Å²) in [6.07, 6.45) is 0.725. The third-order valence-corrected chi connectivity index (χ3v) is 6.43. The molecule has 1 aliphatic rings. The Morgan fingerprint density at radius 3 is 2.57 bits per heavy atom. The van der Waals surface area contributed by atoms with Crippen molar-refractivity contribution in [1.82, 2.24) is 0 Å². The fourth-order valence-corrected chi connectivity index (χ4v) is 4.84. The number of nitrogens with zero attached hydrogens (tertiary/aromatic N) is 1. The van der Waals surface area contributed by atoms with Crippen LogP contribution in [0.4, 0.5) is 5.69 Å². The topological polar surface area (TPSA) is 52.9 Å². The number of nitrogens with one attached hydrogen (secondary N) is 1. The lowest BCUT2D eigenvalue weighted by Gasteiger charge is -2.14. The van der Waals surface area contributed by atoms with E-state index in [1.54, 1.807) is 23.9 Å². The number of thioether (sulfide) groups is 1. The van der Waals surface area contributed by atoms with Gasteiger partial charge in [0.05, 0.1) is 17.2 Å². The van der Waals surface area contributed by atoms with Crippen LogP contribution in [-0.2, 0) is 11.2 Å². The van der Waals surface area contributed by atoms with Crippen LogP contribution < -0.4 is 5.32 Å². The van der Waals surface area contributed by atoms with Crippen LogP contribution in [0.15, 0.2) is 77.7 Å². The molecule has 138 valence electrons. The van der Waals surface area contributed by atoms with Gasteiger partial charge in [0.1, 0.15) is 0 Å². The van der Waals surface area contributed by atoms with Gasteiger partial charge < -0.3 is 5.32 Å². The van der Waals surface area contributed by atoms with Crippen LogP contribution >= 0.6 is 23.4 Å². The number of nitriles is 1. The number of carbonyl (C=O) groups excluding carboxylic acids is 1. The first-order valence-electron chi connectivity index (χ1n) is 8.95. The van der Waals surface area contributed by atoms with E-state index in [1.807, 2.05) is 54.6 Å². The molecular formula is C23H17ClN2OS. The van der Waals surface area contributed by atoms with Crippen LogP contribution in [0.2, 0.25) is 5.02 Å². The number of halogens is 1. The Bertz CT molecular complexity index is 1040. The number of hydrogen-bond acceptors (Lipinski definition) is 3. The second-order valence-electron chi connectivity index (χ2n) is 6.62. The summed E-state index contributed by atoms with van der Waals surface area (Å²) in [6, 6.07) is 25.3. The minimum Gasteiger partial charge on any atom is -0.325 e. The summed E-state index contributed by atoms with van der Waals surface area (Å²) in [5.41, 5.74) is 3.47. The number of rotatable bonds is 4. The molecule has 1 aliphatic heterocycles. The molecule has 0 radical (unpaired) electrons. The third kappa shape index (κ3) is 3.77. The molecule has 2 unspecified atom stereocenters. The summed E-state index contributed by atoms with van der Waals surface area (Å²) in [5, 5.41) is 12.9. The molecule has 1 heterocycles. The first-order valence-corrected chi connectivity index (χ1v) is 10.2. The predicted octanol–water partition coefficient (Wildman–Crippen LogP) is 5.65. The molecule has 0 bridgehead atoms. The summed E-state index contributed by atoms with van der Waals surface area (Å²) < 4.78 is 0. The highest BCUT2D eigenvalue weighted by molar-refractivity contribution is 8.01. The molecule has 1 amide bonds. The molecule has 0 fully saturated rings. The minimum absolute atomic E-state index is 0.0371. The van der Waals surface area contributed by atoms with Gasteiger partial charge in [0.2, 0.25) is 5.91 Å². The number of carbonyl (C=O) groups is 1. The number of amides is 1. The molecule has 0 spiro atoms. The monoisotopic (exact) mass is 404 g/mol. The van der Waals surface area contributed by atoms with E-state index in [-0.39, 0.29) is 11.2 Å². The van der Waals surface area contributed by atoms with Gasteiger partial charge in [-0.2, -0.15) is 5.26 Å². The van der Waals surface area contributed by atoms with Gasteiger partial charge in [0, 0.05) is 15.6 Å². The van der Waals surface area contributed by atoms with E-state index in [0.717, 1.165) is 22.4 Å². The quantitative estimate of drug-likeness (QED) is 0.611. The van der Waals surface area contributed by atoms with E-state index in [4.69, 9.17) is 11.6 Å². The molecule has 0 saturated heterocycles. The average Bonchev–Trinajstić information content (AvgIpc) is 3.15. The van der Waals surface area contributed by atoms with Gasteiger partial charge in [-0.15, -0.1) is 11.8 Å². The first-order chi connectivity index (χ1) is 13.7. The summed E-state index contributed by atoms with van der Waals surface area (Å²) in [4.78, 5) is 13.8. The van der Waals surface area contributed by atoms with Crippen LogP contribution in [-0.4, -0.2) is 11.2 Å². The lowest BCUT2D eigenvalue weighted by Crippen LogP contribution is -2.24. The largest absolute Gasteiger partial charge is 0.325 e. The summed E-state index contributed by atoms with van der Waals surface area (Å²) in [5.74, 6) is -0.483. The van der Waals surface area contributed by atoms with Crippen molar-refractivity contribution in [1.29, 1.82) is 5.26 Å². The zero-order valence-electron chi connectivity index (χ0n) is 14.9. The SMILES string of the molecule is N#CC(c1ccccc1)c1ccc(NC(=O)C2Cc3ccccc3S2)cc1Cl. The maximum atomic E-state index is 12.7. The Morgan fingerprint density at radius 2 is 1.86 bits per heavy atom. The number of fused-ring (bicyclic) bond motifs is 1. The van der Waals surface area contributed by atoms with Crippen molar-refractivity contribution in [3.63, 3.8) is 0 Å². The third-order valence-electron chi connectivity index (χ3n) is 4.78. The Kier molecular flexibility index (Phi) is 5.38. The van der Waals surface area contributed by atoms with Gasteiger partial charge in [-0.05, 0) is 41.3 Å². The molecule has 5 heteroatoms. The Morgan fingerprint density at radius 1 is 1.11 bits per heavy atom. The second kappa shape index (κ2) is 8.10. The van der Waals surface area contributed by atoms with Crippen molar-refractivity contribution in [2.75, 3.05) is 5.32 Å². The zero-order valence-corrected chi connectivity index (χ0v) is 16.5. The van der Waals surface area contributed by atoms with Crippen LogP contribution in [0.25, 0.3) is 0 Å². The average molecular weight is 405 g/mol. The molecule has 28 heavy (non-hydrogen) atoms. The number of benzene rings is 3. The Hall–Kier alpha value is -2.74. The molecule has 0 saturated carbocycles. The molecular weight excluding hydrogens is 388 g/mol. The first kappa shape index (κ1) is 18.6. The summed E-state index contributed by atoms with van der Waals surface area (Å²) in [7, 11) is 0. The van der Waals surface area contributed by atoms with E-state index >= 15 is 0 Å². The molecule has 0 aromatic heterocycles. The van der Waals surface area contributed by atoms with Crippen molar-refractivity contribution in [2.45, 2.75) is 22.5 Å². The normalized spacial score (nSPS) is 16.1. The highest BCUT2D eigenvalue weighted by Gasteiger charge is 2.28. The number of anilines is 1. The van der Waals surface area contributed by atoms with E-state index in [9.17, 15) is 10.1 Å². The molecule has 3 nitrogen and oxygen atoms in total. The summed E-state index contributed by atoms with van der Waals surface area (Å²) in [6.45, 7) is 0. The van der Waals surface area contributed by atoms with Gasteiger partial charge in [-0.25, -0.2) is 0 Å². The van der Waals surface area contributed by atoms with Crippen LogP contribution in [0.3, 0.4) is 0 Å². The minimum atomic E-state index is -0.446. The van der Waals surface area contributed by atoms with E-state index < -0.39 is 5.92 Å². The molecule has 0 aliphatic carbocycles. The van der Waals surface area contributed by atoms with E-state index in [0.29, 0.717) is 10.7 Å². The van der Waals surface area contributed by atoms with Crippen LogP contribution in [0.5, 0.6) is 0 Å². The molecule has 3 aromatic rings. The lowest BCUT2D eigenvalue weighted by molar-refractivity contribution is -0.115. The fourth-order valence-electron chi connectivity index (χ4n) is 3.36. The predicted molar refractivity (Wildman–Crippen MR) is 114 cm³/mol. The highest BCUT2D eigenvalue weighted by Crippen LogP contribution is 2.37. The maximum Gasteiger partial charge on any atom is 0.238 e. The maximum absolute atomic E-state index is 12.7. The highest BCUT2D eigenvalue weighted by atomic mass is 35.5. The standard InChI is InChI=1S/C23H17ClN2OS/c24-20-13-17(10-11-18(20)19(14-25)15-6-2-1-3-7-15)26-23(27)22-12-16-8-4-5-9-21(16)28-22/h1-11,13,19,22H,12H2,(H,26,27). The van der Waals surface area contributed by atoms with Gasteiger partial charge >= 0.3 is 0 Å². The van der Waals surface area contributed by atoms with Gasteiger partial charge in [0.25, 0.3) is 0 Å². The molecule has 4 rings (SSSR count). The second-order valence-corrected chi connectivity index (χ2v) is 8.27. The van der Waals surface area contributed by atoms with Crippen LogP contribution in [0, 0.1) is 11.3 Å². The van der Waals surface area contributed by atoms with Gasteiger partial charge in [-0.3, -0.25) is 4.79 Å². The fraction of sp³-hybridized carbons (Fsp3) is 0.130. The van der Waals surface area contributed by atoms with E-state index in [1.165, 1.54) is 5.56 Å². The van der Waals surface area contributed by atoms with Crippen LogP contribution in [0.1, 0.15) is 22.6 Å². The Balaban J connectivity index is 1.49. The Labute approximate surface area is 173 Å². The molecule has 3 aromatic carbocycles. The van der Waals surface area contributed by atoms with Gasteiger partial charge in [-0.1, -0.05) is 66.2 Å². The van der Waals surface area contributed by atoms with Crippen molar-refractivity contribution in [2.24, 2.45) is 0 Å². The van der Waals surface area contributed by atoms with Crippen molar-refractivity contribution in [3.05, 3.63) is 94.5 Å². The smallest absolute Gasteiger partial charge is 0.238 e. The van der Waals surface area contributed by atoms with Crippen molar-refractivity contribution in [3.8, 4) is 6.07 Å².